The summed E-state index contributed by atoms with van der Waals surface area (Å²) in [5.41, 5.74) is 8.93. The van der Waals surface area contributed by atoms with E-state index < -0.39 is 24.0 Å². The number of carbonyl (C=O) groups is 3. The van der Waals surface area contributed by atoms with Crippen LogP contribution >= 0.6 is 11.8 Å². The van der Waals surface area contributed by atoms with E-state index in [1.54, 1.807) is 6.07 Å². The molecule has 4 N–H and O–H groups in total. The van der Waals surface area contributed by atoms with Crippen molar-refractivity contribution < 1.29 is 24.2 Å². The van der Waals surface area contributed by atoms with Gasteiger partial charge in [0.15, 0.2) is 6.10 Å². The molecule has 1 aliphatic carbocycles. The highest BCUT2D eigenvalue weighted by Crippen LogP contribution is 2.49. The number of carboxylic acids is 1. The molecule has 3 aromatic rings. The predicted octanol–water partition coefficient (Wildman–Crippen LogP) is 3.63. The minimum Gasteiger partial charge on any atom is -0.478 e. The number of primary amides is 1. The van der Waals surface area contributed by atoms with Crippen LogP contribution in [-0.2, 0) is 14.9 Å². The number of hydrogen-bond acceptors (Lipinski definition) is 5. The van der Waals surface area contributed by atoms with E-state index in [0.29, 0.717) is 23.2 Å². The van der Waals surface area contributed by atoms with Crippen LogP contribution in [0.3, 0.4) is 0 Å². The van der Waals surface area contributed by atoms with Gasteiger partial charge in [0, 0.05) is 52.9 Å². The van der Waals surface area contributed by atoms with E-state index in [0.717, 1.165) is 37.9 Å². The largest absolute Gasteiger partial charge is 0.478 e. The lowest BCUT2D eigenvalue weighted by molar-refractivity contribution is -0.135. The molecule has 40 heavy (non-hydrogen) atoms. The summed E-state index contributed by atoms with van der Waals surface area (Å²) in [5.74, 6) is -2.44. The number of benzene rings is 2. The van der Waals surface area contributed by atoms with Gasteiger partial charge in [0.25, 0.3) is 5.91 Å². The number of aromatic nitrogens is 1. The van der Waals surface area contributed by atoms with Crippen LogP contribution in [0, 0.1) is 0 Å². The van der Waals surface area contributed by atoms with E-state index in [2.05, 4.69) is 22.3 Å². The Labute approximate surface area is 237 Å². The van der Waals surface area contributed by atoms with Crippen LogP contribution in [0.1, 0.15) is 70.0 Å². The first-order valence-corrected chi connectivity index (χ1v) is 14.2. The number of carbonyl (C=O) groups excluding carboxylic acids is 2. The number of aromatic carboxylic acids is 1. The zero-order valence-corrected chi connectivity index (χ0v) is 22.9. The standard InChI is InChI=1S/C30H33ClN4O5/c31-35-23-16-20(29(38)39)4-3-19(23)15-24(35)22-9-14-40-26(27(32)36)25(22)33-28(37)18-5-7-21(8-6-18)30(10-11-30)17-34-12-1-2-13-34/h3-8,15-16,22,25-26H,1-2,9-14,17H2,(H2,32,36)(H,33,37)(H,38,39). The zero-order chi connectivity index (χ0) is 28.0. The van der Waals surface area contributed by atoms with Crippen molar-refractivity contribution in [2.45, 2.75) is 55.6 Å². The monoisotopic (exact) mass is 564 g/mol. The van der Waals surface area contributed by atoms with Gasteiger partial charge in [-0.1, -0.05) is 18.2 Å². The average molecular weight is 565 g/mol. The second-order valence-electron chi connectivity index (χ2n) is 11.4. The molecule has 2 aliphatic heterocycles. The summed E-state index contributed by atoms with van der Waals surface area (Å²) in [7, 11) is 0. The Balaban J connectivity index is 1.24. The van der Waals surface area contributed by atoms with Crippen molar-refractivity contribution in [1.29, 1.82) is 0 Å². The van der Waals surface area contributed by atoms with Gasteiger partial charge in [-0.15, -0.1) is 0 Å². The zero-order valence-electron chi connectivity index (χ0n) is 22.1. The third kappa shape index (κ3) is 4.98. The van der Waals surface area contributed by atoms with E-state index in [-0.39, 0.29) is 29.4 Å². The molecule has 3 fully saturated rings. The smallest absolute Gasteiger partial charge is 0.335 e. The van der Waals surface area contributed by atoms with E-state index in [9.17, 15) is 19.5 Å². The number of hydrogen-bond donors (Lipinski definition) is 3. The summed E-state index contributed by atoms with van der Waals surface area (Å²) in [4.78, 5) is 39.9. The van der Waals surface area contributed by atoms with Crippen LogP contribution in [0.5, 0.6) is 0 Å². The number of nitrogens with zero attached hydrogens (tertiary/aromatic N) is 2. The highest BCUT2D eigenvalue weighted by Gasteiger charge is 2.46. The molecule has 0 spiro atoms. The van der Waals surface area contributed by atoms with Gasteiger partial charge in [-0.25, -0.2) is 4.79 Å². The van der Waals surface area contributed by atoms with Crippen LogP contribution in [0.2, 0.25) is 0 Å². The minimum atomic E-state index is -1.05. The maximum atomic E-state index is 13.5. The van der Waals surface area contributed by atoms with Gasteiger partial charge < -0.3 is 25.8 Å². The van der Waals surface area contributed by atoms with Crippen molar-refractivity contribution in [3.63, 3.8) is 0 Å². The molecule has 10 heteroatoms. The number of fused-ring (bicyclic) bond motifs is 1. The second-order valence-corrected chi connectivity index (χ2v) is 11.7. The Bertz CT molecular complexity index is 1460. The molecule has 2 amide bonds. The Morgan fingerprint density at radius 1 is 1.05 bits per heavy atom. The normalized spacial score (nSPS) is 24.2. The van der Waals surface area contributed by atoms with Crippen LogP contribution in [0.15, 0.2) is 48.5 Å². The number of amides is 2. The fourth-order valence-corrected chi connectivity index (χ4v) is 6.75. The average Bonchev–Trinajstić information content (AvgIpc) is 3.40. The molecule has 3 atom stereocenters. The minimum absolute atomic E-state index is 0.114. The van der Waals surface area contributed by atoms with Crippen molar-refractivity contribution in [2.75, 3.05) is 26.2 Å². The number of nitrogens with two attached hydrogens (primary N) is 1. The molecule has 1 saturated carbocycles. The van der Waals surface area contributed by atoms with Crippen LogP contribution in [0.25, 0.3) is 10.9 Å². The van der Waals surface area contributed by atoms with Gasteiger partial charge >= 0.3 is 5.97 Å². The number of halogens is 1. The molecular weight excluding hydrogens is 532 g/mol. The third-order valence-electron chi connectivity index (χ3n) is 8.80. The quantitative estimate of drug-likeness (QED) is 0.383. The molecular formula is C30H33ClN4O5. The summed E-state index contributed by atoms with van der Waals surface area (Å²) in [5, 5.41) is 13.2. The topological polar surface area (TPSA) is 127 Å². The van der Waals surface area contributed by atoms with E-state index >= 15 is 0 Å². The first kappa shape index (κ1) is 26.8. The van der Waals surface area contributed by atoms with Gasteiger partial charge in [0.1, 0.15) is 0 Å². The van der Waals surface area contributed by atoms with E-state index in [4.69, 9.17) is 22.2 Å². The summed E-state index contributed by atoms with van der Waals surface area (Å²) in [6.45, 7) is 3.66. The summed E-state index contributed by atoms with van der Waals surface area (Å²) in [6.07, 6.45) is 4.30. The van der Waals surface area contributed by atoms with Crippen molar-refractivity contribution in [3.8, 4) is 0 Å². The van der Waals surface area contributed by atoms with Gasteiger partial charge in [-0.2, -0.15) is 0 Å². The molecule has 1 aromatic heterocycles. The van der Waals surface area contributed by atoms with Crippen LogP contribution in [-0.4, -0.2) is 70.3 Å². The predicted molar refractivity (Wildman–Crippen MR) is 151 cm³/mol. The maximum absolute atomic E-state index is 13.5. The molecule has 6 rings (SSSR count). The summed E-state index contributed by atoms with van der Waals surface area (Å²) >= 11 is 6.69. The molecule has 210 valence electrons. The van der Waals surface area contributed by atoms with Gasteiger partial charge in [-0.05, 0) is 81.1 Å². The lowest BCUT2D eigenvalue weighted by Crippen LogP contribution is -2.56. The van der Waals surface area contributed by atoms with Crippen LogP contribution in [0.4, 0.5) is 0 Å². The number of nitrogens with one attached hydrogen (secondary N) is 1. The Kier molecular flexibility index (Phi) is 7.06. The van der Waals surface area contributed by atoms with Crippen molar-refractivity contribution in [2.24, 2.45) is 5.73 Å². The van der Waals surface area contributed by atoms with E-state index in [1.165, 1.54) is 34.6 Å². The molecule has 3 aliphatic rings. The summed E-state index contributed by atoms with van der Waals surface area (Å²) in [6, 6.07) is 13.6. The first-order chi connectivity index (χ1) is 19.3. The highest BCUT2D eigenvalue weighted by atomic mass is 35.5. The molecule has 3 unspecified atom stereocenters. The van der Waals surface area contributed by atoms with Crippen molar-refractivity contribution in [3.05, 3.63) is 70.9 Å². The maximum Gasteiger partial charge on any atom is 0.335 e. The van der Waals surface area contributed by atoms with Gasteiger partial charge in [0.2, 0.25) is 5.91 Å². The highest BCUT2D eigenvalue weighted by molar-refractivity contribution is 6.20. The fourth-order valence-electron chi connectivity index (χ4n) is 6.43. The number of ether oxygens (including phenoxy) is 1. The molecule has 0 radical (unpaired) electrons. The van der Waals surface area contributed by atoms with Crippen LogP contribution < -0.4 is 11.1 Å². The van der Waals surface area contributed by atoms with E-state index in [1.807, 2.05) is 18.2 Å². The fraction of sp³-hybridized carbons (Fsp3) is 0.433. The van der Waals surface area contributed by atoms with Crippen molar-refractivity contribution >= 4 is 40.5 Å². The van der Waals surface area contributed by atoms with Gasteiger partial charge in [0.05, 0.1) is 17.1 Å². The lowest BCUT2D eigenvalue weighted by Gasteiger charge is -2.37. The number of carboxylic acid groups (broad SMARTS) is 1. The third-order valence-corrected chi connectivity index (χ3v) is 9.18. The molecule has 2 saturated heterocycles. The van der Waals surface area contributed by atoms with Gasteiger partial charge in [-0.3, -0.25) is 13.7 Å². The SMILES string of the molecule is NC(=O)C1OCCC(c2cc3ccc(C(=O)O)cc3n2Cl)C1NC(=O)c1ccc(C2(CN3CCCC3)CC2)cc1. The Hall–Kier alpha value is -3.40. The number of rotatable bonds is 8. The Morgan fingerprint density at radius 2 is 1.75 bits per heavy atom. The first-order valence-electron chi connectivity index (χ1n) is 13.9. The molecule has 2 aromatic carbocycles. The van der Waals surface area contributed by atoms with Crippen molar-refractivity contribution in [1.82, 2.24) is 14.3 Å². The number of likely N-dealkylation sites (tertiary alicyclic amines) is 1. The molecule has 0 bridgehead atoms. The Morgan fingerprint density at radius 3 is 2.40 bits per heavy atom. The summed E-state index contributed by atoms with van der Waals surface area (Å²) < 4.78 is 7.12. The lowest BCUT2D eigenvalue weighted by atomic mass is 9.86. The second kappa shape index (κ2) is 10.5. The molecule has 9 nitrogen and oxygen atoms in total. The molecule has 3 heterocycles.